The van der Waals surface area contributed by atoms with E-state index in [0.717, 1.165) is 96.2 Å². The number of pyridine rings is 2. The molecule has 18 nitrogen and oxygen atoms in total. The number of piperidine rings is 2. The predicted molar refractivity (Wildman–Crippen MR) is 434 cm³/mol. The summed E-state index contributed by atoms with van der Waals surface area (Å²) in [5, 5.41) is 37.5. The standard InChI is InChI=1S/C87H82Cl4N12O6/c1-47-13-12-34-102-75(49-19-23-54(88)24-20-49)60-40-56(90)42-65-68(60)70(77(102)67(47)48-14-8-7-9-15-48)73(95-65)81(105)99-64-28-27-62(97-80(64)101-37-31-58(32-38-101)93-83(107)85(2,3)46-104)51-16-10-17-52(39-51)72-78-71-69-61(76(50-21-25-55(89)26-22-50)103(78)45-53-44-87(53,72)6)41-57(91)43-66(69)96-74(71)82(106)98-63-18-11-33-92-79(63)100-35-29-59(30-36-100)94-84(108)86(4,5)109/h7-12,14-28,33-34,39-43,45,47,58-59,75-76,95-96,104,109H,13,29-32,35-38,44,46H2,1-6H3,(H,93,107)(H,94,108)(H,98,106)(H,99,105). The van der Waals surface area contributed by atoms with E-state index in [1.165, 1.54) is 19.4 Å². The van der Waals surface area contributed by atoms with Gasteiger partial charge < -0.3 is 61.0 Å². The molecule has 7 aliphatic rings. The van der Waals surface area contributed by atoms with Gasteiger partial charge in [-0.1, -0.05) is 139 Å². The van der Waals surface area contributed by atoms with Gasteiger partial charge in [-0.05, 0) is 201 Å². The molecule has 0 spiro atoms. The summed E-state index contributed by atoms with van der Waals surface area (Å²) in [4.78, 5) is 84.8. The number of aliphatic hydroxyl groups is 2. The second-order valence-electron chi connectivity index (χ2n) is 31.3. The number of fused-ring (bicyclic) bond motifs is 5. The second-order valence-corrected chi connectivity index (χ2v) is 33.1. The molecule has 2 saturated heterocycles. The van der Waals surface area contributed by atoms with Crippen LogP contribution in [0.3, 0.4) is 0 Å². The normalized spacial score (nSPS) is 19.9. The average Bonchev–Trinajstić information content (AvgIpc) is 1.52. The summed E-state index contributed by atoms with van der Waals surface area (Å²) < 4.78 is 0. The lowest BCUT2D eigenvalue weighted by molar-refractivity contribution is -0.137. The average molecular weight is 1530 g/mol. The Bertz CT molecular complexity index is 5530. The lowest BCUT2D eigenvalue weighted by Crippen LogP contribution is -2.50. The number of aliphatic hydroxyl groups excluding tert-OH is 1. The Morgan fingerprint density at radius 1 is 0.596 bits per heavy atom. The van der Waals surface area contributed by atoms with Crippen LogP contribution >= 0.6 is 46.4 Å². The number of anilines is 4. The molecule has 1 saturated carbocycles. The van der Waals surface area contributed by atoms with E-state index in [9.17, 15) is 19.8 Å². The second kappa shape index (κ2) is 27.7. The first kappa shape index (κ1) is 71.7. The van der Waals surface area contributed by atoms with Gasteiger partial charge in [0.2, 0.25) is 5.91 Å². The minimum Gasteiger partial charge on any atom is -0.395 e. The number of rotatable bonds is 16. The molecular formula is C87H82Cl4N12O6. The molecule has 22 heteroatoms. The minimum atomic E-state index is -1.51. The molecular weight excluding hydrogens is 1450 g/mol. The number of nitrogens with one attached hydrogen (secondary N) is 6. The van der Waals surface area contributed by atoms with Gasteiger partial charge in [-0.15, -0.1) is 0 Å². The topological polar surface area (TPSA) is 227 Å². The van der Waals surface area contributed by atoms with E-state index in [0.29, 0.717) is 123 Å². The van der Waals surface area contributed by atoms with Crippen molar-refractivity contribution in [3.05, 3.63) is 258 Å². The number of amides is 4. The van der Waals surface area contributed by atoms with E-state index in [1.807, 2.05) is 84.9 Å². The quantitative estimate of drug-likeness (QED) is 0.0452. The van der Waals surface area contributed by atoms with E-state index in [1.54, 1.807) is 26.1 Å². The van der Waals surface area contributed by atoms with Crippen LogP contribution in [0.2, 0.25) is 20.1 Å². The molecule has 4 aromatic heterocycles. The lowest BCUT2D eigenvalue weighted by Gasteiger charge is -2.42. The van der Waals surface area contributed by atoms with Gasteiger partial charge in [0.05, 0.1) is 52.6 Å². The Balaban J connectivity index is 0.783. The number of nitrogens with zero attached hydrogens (tertiary/aromatic N) is 6. The summed E-state index contributed by atoms with van der Waals surface area (Å²) in [6.07, 6.45) is 12.2. The first-order valence-corrected chi connectivity index (χ1v) is 38.8. The van der Waals surface area contributed by atoms with Gasteiger partial charge in [-0.3, -0.25) is 19.2 Å². The van der Waals surface area contributed by atoms with Gasteiger partial charge in [0.25, 0.3) is 17.7 Å². The summed E-state index contributed by atoms with van der Waals surface area (Å²) in [6, 6.07) is 48.9. The number of aromatic amines is 2. The van der Waals surface area contributed by atoms with E-state index in [-0.39, 0.29) is 48.4 Å². The van der Waals surface area contributed by atoms with Crippen LogP contribution in [0.4, 0.5) is 23.0 Å². The van der Waals surface area contributed by atoms with Crippen molar-refractivity contribution < 1.29 is 29.4 Å². The van der Waals surface area contributed by atoms with Crippen molar-refractivity contribution in [3.63, 3.8) is 0 Å². The van der Waals surface area contributed by atoms with Crippen molar-refractivity contribution in [3.8, 4) is 11.3 Å². The summed E-state index contributed by atoms with van der Waals surface area (Å²) >= 11 is 27.5. The molecule has 1 aliphatic carbocycles. The fourth-order valence-electron chi connectivity index (χ4n) is 17.1. The molecule has 109 heavy (non-hydrogen) atoms. The Hall–Kier alpha value is -10.2. The molecule has 8 N–H and O–H groups in total. The number of aromatic nitrogens is 4. The highest BCUT2D eigenvalue weighted by atomic mass is 35.5. The number of hydrogen-bond acceptors (Lipinski definition) is 12. The number of H-pyrrole nitrogens is 2. The lowest BCUT2D eigenvalue weighted by atomic mass is 9.79. The van der Waals surface area contributed by atoms with Crippen LogP contribution in [-0.2, 0) is 9.59 Å². The Labute approximate surface area is 651 Å². The van der Waals surface area contributed by atoms with E-state index < -0.39 is 28.4 Å². The summed E-state index contributed by atoms with van der Waals surface area (Å²) in [5.41, 5.74) is 14.0. The van der Waals surface area contributed by atoms with Crippen LogP contribution in [0.25, 0.3) is 55.6 Å². The van der Waals surface area contributed by atoms with Crippen molar-refractivity contribution in [1.29, 1.82) is 0 Å². The molecule has 10 heterocycles. The molecule has 0 radical (unpaired) electrons. The molecule has 3 fully saturated rings. The molecule has 4 amide bonds. The number of halogens is 4. The summed E-state index contributed by atoms with van der Waals surface area (Å²) in [7, 11) is 0. The number of hydrogen-bond donors (Lipinski definition) is 8. The van der Waals surface area contributed by atoms with Crippen LogP contribution < -0.4 is 31.1 Å². The molecule has 6 aromatic carbocycles. The number of benzene rings is 6. The SMILES string of the molecule is CC1CC=CN2C(=C1c1ccccc1)c1c(C(=O)Nc3ccc(-c4cccc(C5=C6c7c(C(=O)Nc8cccnc8N8CCC(NC(=O)C(C)(C)O)CC8)[nH]c8cc(Cl)cc(c78)C(c7ccc(Cl)cc7)N6C=C6CC65C)c4)nc3N3CCC(NC(=O)C(C)(C)CO)CC3)[nH]c3cc(Cl)cc(c13)C2c1ccc(Cl)cc1. The van der Waals surface area contributed by atoms with Crippen LogP contribution in [0.1, 0.15) is 158 Å². The maximum Gasteiger partial charge on any atom is 0.272 e. The van der Waals surface area contributed by atoms with Gasteiger partial charge in [0.1, 0.15) is 17.0 Å². The van der Waals surface area contributed by atoms with Crippen LogP contribution in [0.5, 0.6) is 0 Å². The molecule has 4 unspecified atom stereocenters. The molecule has 6 aliphatic heterocycles. The first-order valence-electron chi connectivity index (χ1n) is 37.3. The zero-order chi connectivity index (χ0) is 75.7. The van der Waals surface area contributed by atoms with Crippen LogP contribution in [-0.4, -0.2) is 114 Å². The summed E-state index contributed by atoms with van der Waals surface area (Å²) in [6.45, 7) is 12.7. The Morgan fingerprint density at radius 3 is 1.72 bits per heavy atom. The molecule has 10 aromatic rings. The van der Waals surface area contributed by atoms with Crippen molar-refractivity contribution in [2.45, 2.75) is 110 Å². The third kappa shape index (κ3) is 12.9. The predicted octanol–water partition coefficient (Wildman–Crippen LogP) is 17.6. The first-order chi connectivity index (χ1) is 52.4. The van der Waals surface area contributed by atoms with Gasteiger partial charge in [-0.2, -0.15) is 0 Å². The van der Waals surface area contributed by atoms with E-state index in [4.69, 9.17) is 56.4 Å². The minimum absolute atomic E-state index is 0.0432. The highest BCUT2D eigenvalue weighted by molar-refractivity contribution is 6.33. The van der Waals surface area contributed by atoms with E-state index >= 15 is 9.59 Å². The highest BCUT2D eigenvalue weighted by Crippen LogP contribution is 2.68. The summed E-state index contributed by atoms with van der Waals surface area (Å²) in [5.74, 6) is -0.223. The van der Waals surface area contributed by atoms with Crippen molar-refractivity contribution in [2.24, 2.45) is 16.7 Å². The molecule has 0 bridgehead atoms. The van der Waals surface area contributed by atoms with Crippen molar-refractivity contribution in [2.75, 3.05) is 53.2 Å². The maximum atomic E-state index is 16.1. The molecule has 17 rings (SSSR count). The van der Waals surface area contributed by atoms with Gasteiger partial charge in [0.15, 0.2) is 11.6 Å². The fraction of sp³-hybridized carbons (Fsp3) is 0.287. The largest absolute Gasteiger partial charge is 0.395 e. The third-order valence-corrected chi connectivity index (χ3v) is 23.9. The maximum absolute atomic E-state index is 16.1. The van der Waals surface area contributed by atoms with Crippen LogP contribution in [0.15, 0.2) is 182 Å². The van der Waals surface area contributed by atoms with Crippen molar-refractivity contribution in [1.82, 2.24) is 40.4 Å². The third-order valence-electron chi connectivity index (χ3n) is 23.0. The van der Waals surface area contributed by atoms with Crippen molar-refractivity contribution >= 4 is 137 Å². The number of carbonyl (C=O) groups is 4. The monoisotopic (exact) mass is 1530 g/mol. The van der Waals surface area contributed by atoms with Gasteiger partial charge in [0, 0.05) is 121 Å². The number of allylic oxidation sites excluding steroid dienone is 4. The van der Waals surface area contributed by atoms with E-state index in [2.05, 4.69) is 144 Å². The number of carbonyl (C=O) groups excluding carboxylic acids is 4. The Kier molecular flexibility index (Phi) is 18.3. The van der Waals surface area contributed by atoms with Gasteiger partial charge in [-0.25, -0.2) is 9.97 Å². The zero-order valence-corrected chi connectivity index (χ0v) is 64.2. The van der Waals surface area contributed by atoms with Gasteiger partial charge >= 0.3 is 0 Å². The zero-order valence-electron chi connectivity index (χ0n) is 61.1. The highest BCUT2D eigenvalue weighted by Gasteiger charge is 2.55. The fourth-order valence-corrected chi connectivity index (χ4v) is 17.8. The Morgan fingerprint density at radius 2 is 1.14 bits per heavy atom. The smallest absolute Gasteiger partial charge is 0.272 e. The molecule has 554 valence electrons. The molecule has 4 atom stereocenters. The van der Waals surface area contributed by atoms with Crippen LogP contribution in [0, 0.1) is 16.7 Å².